The van der Waals surface area contributed by atoms with Gasteiger partial charge in [0, 0.05) is 39.8 Å². The number of rotatable bonds is 5. The van der Waals surface area contributed by atoms with Gasteiger partial charge in [-0.05, 0) is 25.5 Å². The zero-order valence-electron chi connectivity index (χ0n) is 16.0. The van der Waals surface area contributed by atoms with Gasteiger partial charge >= 0.3 is 5.69 Å². The van der Waals surface area contributed by atoms with E-state index in [2.05, 4.69) is 10.2 Å². The Bertz CT molecular complexity index is 885. The van der Waals surface area contributed by atoms with Crippen molar-refractivity contribution in [2.24, 2.45) is 7.05 Å². The summed E-state index contributed by atoms with van der Waals surface area (Å²) in [4.78, 5) is 41.0. The van der Waals surface area contributed by atoms with Crippen molar-refractivity contribution in [2.75, 3.05) is 39.3 Å². The van der Waals surface area contributed by atoms with Crippen molar-refractivity contribution >= 4 is 22.8 Å². The van der Waals surface area contributed by atoms with Crippen molar-refractivity contribution < 1.29 is 9.59 Å². The number of nitrogens with one attached hydrogen (secondary N) is 1. The summed E-state index contributed by atoms with van der Waals surface area (Å²) in [6, 6.07) is 7.49. The average molecular weight is 373 g/mol. The van der Waals surface area contributed by atoms with Gasteiger partial charge in [0.05, 0.1) is 17.6 Å². The number of aryl methyl sites for hydroxylation is 1. The summed E-state index contributed by atoms with van der Waals surface area (Å²) in [5.74, 6) is -0.0482. The second-order valence-corrected chi connectivity index (χ2v) is 6.88. The van der Waals surface area contributed by atoms with Crippen LogP contribution in [0, 0.1) is 0 Å². The number of carbonyl (C=O) groups is 2. The van der Waals surface area contributed by atoms with Gasteiger partial charge in [-0.1, -0.05) is 12.1 Å². The van der Waals surface area contributed by atoms with Gasteiger partial charge in [0.25, 0.3) is 0 Å². The molecule has 1 aliphatic heterocycles. The van der Waals surface area contributed by atoms with Crippen LogP contribution >= 0.6 is 0 Å². The Labute approximate surface area is 158 Å². The van der Waals surface area contributed by atoms with Gasteiger partial charge in [-0.3, -0.25) is 23.6 Å². The average Bonchev–Trinajstić information content (AvgIpc) is 2.82. The highest BCUT2D eigenvalue weighted by Crippen LogP contribution is 2.12. The number of nitrogens with zero attached hydrogens (tertiary/aromatic N) is 4. The Balaban J connectivity index is 1.66. The predicted molar refractivity (Wildman–Crippen MR) is 103 cm³/mol. The second kappa shape index (κ2) is 8.39. The molecular weight excluding hydrogens is 346 g/mol. The lowest BCUT2D eigenvalue weighted by Gasteiger charge is -2.22. The number of likely N-dealkylation sites (N-methyl/N-ethyl adjacent to an activating group) is 1. The number of carbonyl (C=O) groups excluding carboxylic acids is 2. The number of fused-ring (bicyclic) bond motifs is 1. The van der Waals surface area contributed by atoms with Crippen LogP contribution in [0.2, 0.25) is 0 Å². The number of amides is 2. The Morgan fingerprint density at radius 2 is 1.78 bits per heavy atom. The molecule has 0 aliphatic carbocycles. The molecule has 2 heterocycles. The van der Waals surface area contributed by atoms with Gasteiger partial charge in [0.15, 0.2) is 0 Å². The van der Waals surface area contributed by atoms with Gasteiger partial charge in [0.2, 0.25) is 11.8 Å². The Morgan fingerprint density at radius 1 is 1.04 bits per heavy atom. The Hall–Kier alpha value is -2.61. The molecule has 0 spiro atoms. The van der Waals surface area contributed by atoms with Gasteiger partial charge < -0.3 is 10.2 Å². The third-order valence-corrected chi connectivity index (χ3v) is 5.03. The fraction of sp³-hybridized carbons (Fsp3) is 0.526. The van der Waals surface area contributed by atoms with Crippen LogP contribution in [0.3, 0.4) is 0 Å². The first-order valence-corrected chi connectivity index (χ1v) is 9.42. The van der Waals surface area contributed by atoms with E-state index >= 15 is 0 Å². The van der Waals surface area contributed by atoms with Gasteiger partial charge in [-0.25, -0.2) is 4.79 Å². The lowest BCUT2D eigenvalue weighted by atomic mass is 10.3. The van der Waals surface area contributed by atoms with Crippen molar-refractivity contribution in [3.8, 4) is 0 Å². The van der Waals surface area contributed by atoms with E-state index in [9.17, 15) is 14.4 Å². The molecule has 146 valence electrons. The fourth-order valence-electron chi connectivity index (χ4n) is 3.59. The molecule has 1 fully saturated rings. The lowest BCUT2D eigenvalue weighted by molar-refractivity contribution is -0.131. The van der Waals surface area contributed by atoms with E-state index in [0.29, 0.717) is 32.7 Å². The summed E-state index contributed by atoms with van der Waals surface area (Å²) in [5, 5.41) is 2.80. The Kier molecular flexibility index (Phi) is 5.95. The van der Waals surface area contributed by atoms with E-state index in [1.165, 1.54) is 4.57 Å². The minimum atomic E-state index is -0.183. The van der Waals surface area contributed by atoms with Crippen molar-refractivity contribution in [3.63, 3.8) is 0 Å². The smallest absolute Gasteiger partial charge is 0.329 e. The van der Waals surface area contributed by atoms with Gasteiger partial charge in [-0.15, -0.1) is 0 Å². The summed E-state index contributed by atoms with van der Waals surface area (Å²) in [6.45, 7) is 5.58. The van der Waals surface area contributed by atoms with E-state index in [0.717, 1.165) is 24.0 Å². The Morgan fingerprint density at radius 3 is 2.52 bits per heavy atom. The number of hydrogen-bond acceptors (Lipinski definition) is 4. The summed E-state index contributed by atoms with van der Waals surface area (Å²) < 4.78 is 3.11. The molecule has 0 atom stereocenters. The monoisotopic (exact) mass is 373 g/mol. The SMILES string of the molecule is CCNC(=O)CN1CCCN(C(=O)Cn2c(=O)n(C)c3ccccc32)CC1. The molecular formula is C19H27N5O3. The van der Waals surface area contributed by atoms with Crippen LogP contribution < -0.4 is 11.0 Å². The molecule has 1 N–H and O–H groups in total. The van der Waals surface area contributed by atoms with Crippen molar-refractivity contribution in [1.29, 1.82) is 0 Å². The van der Waals surface area contributed by atoms with E-state index < -0.39 is 0 Å². The first-order valence-electron chi connectivity index (χ1n) is 9.42. The predicted octanol–water partition coefficient (Wildman–Crippen LogP) is 0.0104. The van der Waals surface area contributed by atoms with E-state index in [4.69, 9.17) is 0 Å². The molecule has 27 heavy (non-hydrogen) atoms. The van der Waals surface area contributed by atoms with Crippen LogP contribution in [-0.4, -0.2) is 70.0 Å². The van der Waals surface area contributed by atoms with E-state index in [1.807, 2.05) is 31.2 Å². The van der Waals surface area contributed by atoms with Crippen LogP contribution in [0.1, 0.15) is 13.3 Å². The maximum absolute atomic E-state index is 12.8. The maximum atomic E-state index is 12.8. The first-order chi connectivity index (χ1) is 13.0. The van der Waals surface area contributed by atoms with E-state index in [1.54, 1.807) is 16.5 Å². The zero-order valence-corrected chi connectivity index (χ0v) is 16.0. The van der Waals surface area contributed by atoms with Crippen LogP contribution in [0.4, 0.5) is 0 Å². The van der Waals surface area contributed by atoms with Crippen molar-refractivity contribution in [3.05, 3.63) is 34.7 Å². The lowest BCUT2D eigenvalue weighted by Crippen LogP contribution is -2.41. The van der Waals surface area contributed by atoms with Crippen LogP contribution in [0.5, 0.6) is 0 Å². The van der Waals surface area contributed by atoms with Crippen LogP contribution in [0.25, 0.3) is 11.0 Å². The molecule has 8 nitrogen and oxygen atoms in total. The fourth-order valence-corrected chi connectivity index (χ4v) is 3.59. The third-order valence-electron chi connectivity index (χ3n) is 5.03. The number of aromatic nitrogens is 2. The molecule has 8 heteroatoms. The molecule has 0 unspecified atom stereocenters. The summed E-state index contributed by atoms with van der Waals surface area (Å²) in [5.41, 5.74) is 1.41. The first kappa shape index (κ1) is 19.2. The topological polar surface area (TPSA) is 79.6 Å². The molecule has 2 amide bonds. The standard InChI is InChI=1S/C19H27N5O3/c1-3-20-17(25)13-22-9-6-10-23(12-11-22)18(26)14-24-16-8-5-4-7-15(16)21(2)19(24)27/h4-5,7-8H,3,6,9-14H2,1-2H3,(H,20,25). The molecule has 1 aromatic carbocycles. The quantitative estimate of drug-likeness (QED) is 0.801. The minimum absolute atomic E-state index is 0.0135. The molecule has 2 aromatic rings. The molecule has 1 aliphatic rings. The zero-order chi connectivity index (χ0) is 19.4. The summed E-state index contributed by atoms with van der Waals surface area (Å²) in [6.07, 6.45) is 0.815. The van der Waals surface area contributed by atoms with Gasteiger partial charge in [0.1, 0.15) is 6.54 Å². The molecule has 1 saturated heterocycles. The maximum Gasteiger partial charge on any atom is 0.329 e. The number of benzene rings is 1. The molecule has 0 bridgehead atoms. The molecule has 0 radical (unpaired) electrons. The largest absolute Gasteiger partial charge is 0.355 e. The van der Waals surface area contributed by atoms with E-state index in [-0.39, 0.29) is 24.0 Å². The van der Waals surface area contributed by atoms with Crippen LogP contribution in [0.15, 0.2) is 29.1 Å². The number of hydrogen-bond donors (Lipinski definition) is 1. The normalized spacial score (nSPS) is 15.7. The molecule has 3 rings (SSSR count). The molecule has 1 aromatic heterocycles. The highest BCUT2D eigenvalue weighted by atomic mass is 16.2. The highest BCUT2D eigenvalue weighted by Gasteiger charge is 2.22. The molecule has 0 saturated carbocycles. The number of imidazole rings is 1. The third kappa shape index (κ3) is 4.21. The summed E-state index contributed by atoms with van der Waals surface area (Å²) in [7, 11) is 1.72. The van der Waals surface area contributed by atoms with Crippen molar-refractivity contribution in [1.82, 2.24) is 24.3 Å². The number of para-hydroxylation sites is 2. The minimum Gasteiger partial charge on any atom is -0.355 e. The highest BCUT2D eigenvalue weighted by molar-refractivity contribution is 5.81. The van der Waals surface area contributed by atoms with Crippen molar-refractivity contribution in [2.45, 2.75) is 19.9 Å². The second-order valence-electron chi connectivity index (χ2n) is 6.88. The van der Waals surface area contributed by atoms with Crippen LogP contribution in [-0.2, 0) is 23.2 Å². The summed E-state index contributed by atoms with van der Waals surface area (Å²) >= 11 is 0. The van der Waals surface area contributed by atoms with Gasteiger partial charge in [-0.2, -0.15) is 0 Å².